The Morgan fingerprint density at radius 1 is 1.08 bits per heavy atom. The van der Waals surface area contributed by atoms with Crippen molar-refractivity contribution < 1.29 is 19.4 Å². The first kappa shape index (κ1) is 17.9. The Bertz CT molecular complexity index is 819. The van der Waals surface area contributed by atoms with Gasteiger partial charge in [-0.15, -0.1) is 0 Å². The van der Waals surface area contributed by atoms with E-state index in [2.05, 4.69) is 0 Å². The standard InChI is InChI=1S/C22H22O4/c1-15-19(22(24)25)11-12-21(23)20(15)13-16-7-9-18(10-8-16)26-14-17-5-3-2-4-6-17/h2-10,19H,11-14H2,1H3,(H,24,25). The van der Waals surface area contributed by atoms with Gasteiger partial charge in [-0.05, 0) is 42.2 Å². The summed E-state index contributed by atoms with van der Waals surface area (Å²) in [5.41, 5.74) is 3.41. The Morgan fingerprint density at radius 2 is 1.77 bits per heavy atom. The topological polar surface area (TPSA) is 63.6 Å². The quantitative estimate of drug-likeness (QED) is 0.848. The number of carbonyl (C=O) groups excluding carboxylic acids is 1. The van der Waals surface area contributed by atoms with Crippen molar-refractivity contribution in [2.75, 3.05) is 0 Å². The number of rotatable bonds is 6. The monoisotopic (exact) mass is 350 g/mol. The first-order chi connectivity index (χ1) is 12.5. The highest BCUT2D eigenvalue weighted by molar-refractivity contribution is 5.99. The third-order valence-corrected chi connectivity index (χ3v) is 4.85. The molecule has 1 atom stereocenters. The molecule has 0 heterocycles. The van der Waals surface area contributed by atoms with Gasteiger partial charge in [-0.25, -0.2) is 0 Å². The molecule has 0 bridgehead atoms. The zero-order chi connectivity index (χ0) is 18.5. The first-order valence-corrected chi connectivity index (χ1v) is 8.76. The lowest BCUT2D eigenvalue weighted by atomic mass is 9.80. The number of aliphatic carboxylic acids is 1. The molecule has 0 saturated carbocycles. The highest BCUT2D eigenvalue weighted by atomic mass is 16.5. The van der Waals surface area contributed by atoms with Crippen molar-refractivity contribution in [1.82, 2.24) is 0 Å². The van der Waals surface area contributed by atoms with Crippen LogP contribution < -0.4 is 4.74 Å². The maximum Gasteiger partial charge on any atom is 0.310 e. The van der Waals surface area contributed by atoms with E-state index in [9.17, 15) is 14.7 Å². The Labute approximate surface area is 153 Å². The van der Waals surface area contributed by atoms with Crippen LogP contribution in [0.3, 0.4) is 0 Å². The second-order valence-electron chi connectivity index (χ2n) is 6.61. The predicted octanol–water partition coefficient (Wildman–Crippen LogP) is 4.19. The summed E-state index contributed by atoms with van der Waals surface area (Å²) in [4.78, 5) is 23.6. The van der Waals surface area contributed by atoms with Crippen LogP contribution >= 0.6 is 0 Å². The van der Waals surface area contributed by atoms with Crippen molar-refractivity contribution in [2.45, 2.75) is 32.8 Å². The van der Waals surface area contributed by atoms with Gasteiger partial charge in [-0.1, -0.05) is 48.0 Å². The lowest BCUT2D eigenvalue weighted by molar-refractivity contribution is -0.140. The largest absolute Gasteiger partial charge is 0.489 e. The number of carboxylic acid groups (broad SMARTS) is 1. The lowest BCUT2D eigenvalue weighted by Crippen LogP contribution is -2.25. The minimum absolute atomic E-state index is 0.0596. The molecule has 0 aliphatic heterocycles. The Hall–Kier alpha value is -2.88. The molecule has 0 aromatic heterocycles. The molecule has 0 spiro atoms. The number of hydrogen-bond acceptors (Lipinski definition) is 3. The summed E-state index contributed by atoms with van der Waals surface area (Å²) in [6.07, 6.45) is 1.17. The molecule has 0 radical (unpaired) electrons. The number of ketones is 1. The number of ether oxygens (including phenoxy) is 1. The van der Waals surface area contributed by atoms with Gasteiger partial charge >= 0.3 is 5.97 Å². The molecule has 2 aromatic carbocycles. The molecule has 26 heavy (non-hydrogen) atoms. The van der Waals surface area contributed by atoms with E-state index in [1.54, 1.807) is 6.92 Å². The minimum atomic E-state index is -0.850. The molecule has 1 N–H and O–H groups in total. The van der Waals surface area contributed by atoms with Crippen LogP contribution in [-0.2, 0) is 22.6 Å². The van der Waals surface area contributed by atoms with Crippen LogP contribution in [0.5, 0.6) is 5.75 Å². The summed E-state index contributed by atoms with van der Waals surface area (Å²) in [5, 5.41) is 9.31. The molecule has 0 saturated heterocycles. The molecule has 4 nitrogen and oxygen atoms in total. The van der Waals surface area contributed by atoms with Crippen molar-refractivity contribution in [1.29, 1.82) is 0 Å². The smallest absolute Gasteiger partial charge is 0.310 e. The fourth-order valence-corrected chi connectivity index (χ4v) is 3.27. The summed E-state index contributed by atoms with van der Waals surface area (Å²) >= 11 is 0. The van der Waals surface area contributed by atoms with Crippen molar-refractivity contribution in [2.24, 2.45) is 5.92 Å². The van der Waals surface area contributed by atoms with E-state index in [1.165, 1.54) is 0 Å². The van der Waals surface area contributed by atoms with Crippen LogP contribution in [0.4, 0.5) is 0 Å². The molecule has 3 rings (SSSR count). The summed E-state index contributed by atoms with van der Waals surface area (Å²) in [6.45, 7) is 2.27. The van der Waals surface area contributed by atoms with Crippen molar-refractivity contribution >= 4 is 11.8 Å². The van der Waals surface area contributed by atoms with Crippen LogP contribution in [0.15, 0.2) is 65.7 Å². The molecule has 0 amide bonds. The first-order valence-electron chi connectivity index (χ1n) is 8.76. The SMILES string of the molecule is CC1=C(Cc2ccc(OCc3ccccc3)cc2)C(=O)CCC1C(=O)O. The molecule has 134 valence electrons. The van der Waals surface area contributed by atoms with E-state index in [0.29, 0.717) is 37.0 Å². The molecular weight excluding hydrogens is 328 g/mol. The number of Topliss-reactive ketones (excluding diaryl/α,β-unsaturated/α-hetero) is 1. The highest BCUT2D eigenvalue weighted by Gasteiger charge is 2.30. The van der Waals surface area contributed by atoms with Gasteiger partial charge in [0.25, 0.3) is 0 Å². The van der Waals surface area contributed by atoms with E-state index >= 15 is 0 Å². The average molecular weight is 350 g/mol. The molecule has 1 aliphatic rings. The summed E-state index contributed by atoms with van der Waals surface area (Å²) in [7, 11) is 0. The molecule has 1 aliphatic carbocycles. The Kier molecular flexibility index (Phi) is 5.52. The lowest BCUT2D eigenvalue weighted by Gasteiger charge is -2.23. The number of allylic oxidation sites excluding steroid dienone is 1. The average Bonchev–Trinajstić information content (AvgIpc) is 2.65. The Balaban J connectivity index is 1.67. The second-order valence-corrected chi connectivity index (χ2v) is 6.61. The van der Waals surface area contributed by atoms with Crippen molar-refractivity contribution in [3.8, 4) is 5.75 Å². The maximum atomic E-state index is 12.2. The Morgan fingerprint density at radius 3 is 2.42 bits per heavy atom. The van der Waals surface area contributed by atoms with Crippen LogP contribution in [0.1, 0.15) is 30.9 Å². The van der Waals surface area contributed by atoms with Gasteiger partial charge in [0, 0.05) is 12.8 Å². The van der Waals surface area contributed by atoms with Crippen LogP contribution in [0, 0.1) is 5.92 Å². The second kappa shape index (κ2) is 8.00. The third kappa shape index (κ3) is 4.20. The third-order valence-electron chi connectivity index (χ3n) is 4.85. The van der Waals surface area contributed by atoms with E-state index in [0.717, 1.165) is 16.9 Å². The molecule has 1 unspecified atom stereocenters. The fraction of sp³-hybridized carbons (Fsp3) is 0.273. The van der Waals surface area contributed by atoms with E-state index in [4.69, 9.17) is 4.74 Å². The normalized spacial score (nSPS) is 17.3. The number of carboxylic acids is 1. The van der Waals surface area contributed by atoms with Gasteiger partial charge in [0.2, 0.25) is 0 Å². The van der Waals surface area contributed by atoms with Gasteiger partial charge in [0.05, 0.1) is 5.92 Å². The van der Waals surface area contributed by atoms with E-state index in [1.807, 2.05) is 54.6 Å². The zero-order valence-corrected chi connectivity index (χ0v) is 14.8. The predicted molar refractivity (Wildman–Crippen MR) is 99.0 cm³/mol. The maximum absolute atomic E-state index is 12.2. The number of hydrogen-bond donors (Lipinski definition) is 1. The van der Waals surface area contributed by atoms with Gasteiger partial charge in [0.15, 0.2) is 5.78 Å². The summed E-state index contributed by atoms with van der Waals surface area (Å²) in [5.74, 6) is -0.570. The van der Waals surface area contributed by atoms with Gasteiger partial charge in [-0.3, -0.25) is 9.59 Å². The highest BCUT2D eigenvalue weighted by Crippen LogP contribution is 2.30. The number of benzene rings is 2. The minimum Gasteiger partial charge on any atom is -0.489 e. The van der Waals surface area contributed by atoms with Crippen molar-refractivity contribution in [3.05, 3.63) is 76.9 Å². The van der Waals surface area contributed by atoms with Crippen LogP contribution in [-0.4, -0.2) is 16.9 Å². The van der Waals surface area contributed by atoms with Gasteiger partial charge < -0.3 is 9.84 Å². The van der Waals surface area contributed by atoms with E-state index < -0.39 is 11.9 Å². The fourth-order valence-electron chi connectivity index (χ4n) is 3.27. The van der Waals surface area contributed by atoms with Crippen LogP contribution in [0.2, 0.25) is 0 Å². The molecular formula is C22H22O4. The summed E-state index contributed by atoms with van der Waals surface area (Å²) in [6, 6.07) is 17.6. The molecule has 2 aromatic rings. The van der Waals surface area contributed by atoms with Gasteiger partial charge in [-0.2, -0.15) is 0 Å². The van der Waals surface area contributed by atoms with Crippen molar-refractivity contribution in [3.63, 3.8) is 0 Å². The summed E-state index contributed by atoms with van der Waals surface area (Å²) < 4.78 is 5.77. The number of carbonyl (C=O) groups is 2. The van der Waals surface area contributed by atoms with Gasteiger partial charge in [0.1, 0.15) is 12.4 Å². The zero-order valence-electron chi connectivity index (χ0n) is 14.8. The molecule has 4 heteroatoms. The molecule has 0 fully saturated rings. The van der Waals surface area contributed by atoms with E-state index in [-0.39, 0.29) is 5.78 Å². The van der Waals surface area contributed by atoms with Crippen LogP contribution in [0.25, 0.3) is 0 Å².